The fourth-order valence-corrected chi connectivity index (χ4v) is 4.13. The van der Waals surface area contributed by atoms with Gasteiger partial charge in [0.2, 0.25) is 0 Å². The van der Waals surface area contributed by atoms with Gasteiger partial charge in [0.25, 0.3) is 0 Å². The maximum absolute atomic E-state index is 12.1. The van der Waals surface area contributed by atoms with Crippen LogP contribution in [0.4, 0.5) is 13.2 Å². The molecule has 1 nitrogen and oxygen atoms in total. The van der Waals surface area contributed by atoms with E-state index in [4.69, 9.17) is 4.74 Å². The highest BCUT2D eigenvalue weighted by atomic mass is 79.9. The van der Waals surface area contributed by atoms with Crippen LogP contribution in [0.5, 0.6) is 0 Å². The van der Waals surface area contributed by atoms with E-state index < -0.39 is 12.8 Å². The van der Waals surface area contributed by atoms with E-state index in [0.29, 0.717) is 17.1 Å². The molecule has 0 aliphatic heterocycles. The normalized spacial score (nSPS) is 12.7. The van der Waals surface area contributed by atoms with Gasteiger partial charge in [-0.3, -0.25) is 0 Å². The molecule has 114 valence electrons. The van der Waals surface area contributed by atoms with Crippen LogP contribution in [-0.4, -0.2) is 30.1 Å². The smallest absolute Gasteiger partial charge is 0.372 e. The Kier molecular flexibility index (Phi) is 7.52. The first kappa shape index (κ1) is 18.5. The van der Waals surface area contributed by atoms with E-state index in [1.54, 1.807) is 0 Å². The molecule has 1 rings (SSSR count). The molecule has 0 amide bonds. The molecule has 0 saturated heterocycles. The summed E-state index contributed by atoms with van der Waals surface area (Å²) in [6.45, 7) is -1.14. The zero-order valence-corrected chi connectivity index (χ0v) is 15.3. The number of ether oxygens (including phenoxy) is 1. The van der Waals surface area contributed by atoms with Crippen LogP contribution < -0.4 is 0 Å². The molecule has 1 aromatic rings. The average molecular weight is 483 g/mol. The SMILES string of the molecule is FC(F)(F)COCCC(CBr)(CBr)c1ccc(Br)cc1. The zero-order valence-electron chi connectivity index (χ0n) is 10.5. The van der Waals surface area contributed by atoms with Crippen LogP contribution in [0, 0.1) is 0 Å². The monoisotopic (exact) mass is 480 g/mol. The minimum atomic E-state index is -4.27. The van der Waals surface area contributed by atoms with Gasteiger partial charge in [-0.1, -0.05) is 59.9 Å². The first-order valence-electron chi connectivity index (χ1n) is 5.85. The second kappa shape index (κ2) is 8.15. The lowest BCUT2D eigenvalue weighted by molar-refractivity contribution is -0.174. The Morgan fingerprint density at radius 3 is 2.00 bits per heavy atom. The minimum absolute atomic E-state index is 0.0623. The maximum atomic E-state index is 12.1. The molecule has 0 heterocycles. The highest BCUT2D eigenvalue weighted by molar-refractivity contribution is 9.10. The van der Waals surface area contributed by atoms with Crippen molar-refractivity contribution >= 4 is 47.8 Å². The number of halogens is 6. The molecule has 0 spiro atoms. The molecule has 0 bridgehead atoms. The molecule has 0 aliphatic carbocycles. The number of alkyl halides is 5. The minimum Gasteiger partial charge on any atom is -0.372 e. The summed E-state index contributed by atoms with van der Waals surface area (Å²) >= 11 is 10.3. The summed E-state index contributed by atoms with van der Waals surface area (Å²) in [5, 5.41) is 1.28. The van der Waals surface area contributed by atoms with Crippen LogP contribution in [-0.2, 0) is 10.2 Å². The number of rotatable bonds is 7. The molecule has 0 aromatic heterocycles. The lowest BCUT2D eigenvalue weighted by atomic mass is 9.82. The van der Waals surface area contributed by atoms with E-state index in [0.717, 1.165) is 10.0 Å². The van der Waals surface area contributed by atoms with E-state index in [1.165, 1.54) is 0 Å². The number of benzene rings is 1. The first-order valence-corrected chi connectivity index (χ1v) is 8.89. The molecular formula is C13H14Br3F3O. The molecule has 0 unspecified atom stereocenters. The summed E-state index contributed by atoms with van der Waals surface area (Å²) in [5.41, 5.74) is 0.775. The van der Waals surface area contributed by atoms with Gasteiger partial charge in [-0.05, 0) is 24.1 Å². The Balaban J connectivity index is 2.69. The van der Waals surface area contributed by atoms with Gasteiger partial charge in [0, 0.05) is 27.2 Å². The molecule has 20 heavy (non-hydrogen) atoms. The summed E-state index contributed by atoms with van der Waals surface area (Å²) in [5.74, 6) is 0. The van der Waals surface area contributed by atoms with Crippen molar-refractivity contribution < 1.29 is 17.9 Å². The van der Waals surface area contributed by atoms with Crippen molar-refractivity contribution in [2.24, 2.45) is 0 Å². The summed E-state index contributed by atoms with van der Waals surface area (Å²) in [7, 11) is 0. The molecule has 0 fully saturated rings. The third-order valence-electron chi connectivity index (χ3n) is 2.96. The third kappa shape index (κ3) is 5.66. The highest BCUT2D eigenvalue weighted by Crippen LogP contribution is 2.33. The average Bonchev–Trinajstić information content (AvgIpc) is 2.40. The first-order chi connectivity index (χ1) is 9.33. The Morgan fingerprint density at radius 1 is 1.00 bits per heavy atom. The molecule has 0 saturated carbocycles. The fourth-order valence-electron chi connectivity index (χ4n) is 1.73. The predicted molar refractivity (Wildman–Crippen MR) is 84.9 cm³/mol. The van der Waals surface area contributed by atoms with Gasteiger partial charge in [-0.2, -0.15) is 13.2 Å². The maximum Gasteiger partial charge on any atom is 0.411 e. The van der Waals surface area contributed by atoms with Crippen molar-refractivity contribution in [3.63, 3.8) is 0 Å². The van der Waals surface area contributed by atoms with Crippen molar-refractivity contribution in [2.45, 2.75) is 18.0 Å². The van der Waals surface area contributed by atoms with Crippen LogP contribution in [0.3, 0.4) is 0 Å². The van der Waals surface area contributed by atoms with Crippen molar-refractivity contribution in [1.29, 1.82) is 0 Å². The molecule has 1 aromatic carbocycles. The lowest BCUT2D eigenvalue weighted by Crippen LogP contribution is -2.32. The second-order valence-corrected chi connectivity index (χ2v) is 6.51. The highest BCUT2D eigenvalue weighted by Gasteiger charge is 2.31. The van der Waals surface area contributed by atoms with E-state index >= 15 is 0 Å². The Labute approximate surface area is 141 Å². The summed E-state index contributed by atoms with van der Waals surface area (Å²) in [6, 6.07) is 7.78. The van der Waals surface area contributed by atoms with Gasteiger partial charge >= 0.3 is 6.18 Å². The van der Waals surface area contributed by atoms with E-state index in [1.807, 2.05) is 24.3 Å². The van der Waals surface area contributed by atoms with Gasteiger partial charge in [0.1, 0.15) is 6.61 Å². The summed E-state index contributed by atoms with van der Waals surface area (Å²) < 4.78 is 41.9. The van der Waals surface area contributed by atoms with Crippen molar-refractivity contribution in [3.8, 4) is 0 Å². The van der Waals surface area contributed by atoms with Crippen molar-refractivity contribution in [1.82, 2.24) is 0 Å². The van der Waals surface area contributed by atoms with Crippen LogP contribution >= 0.6 is 47.8 Å². The Hall–Kier alpha value is 0.410. The zero-order chi connectivity index (χ0) is 15.2. The van der Waals surface area contributed by atoms with Crippen LogP contribution in [0.25, 0.3) is 0 Å². The largest absolute Gasteiger partial charge is 0.411 e. The van der Waals surface area contributed by atoms with Gasteiger partial charge in [0.05, 0.1) is 0 Å². The summed E-state index contributed by atoms with van der Waals surface area (Å²) in [6.07, 6.45) is -3.77. The van der Waals surface area contributed by atoms with Crippen molar-refractivity contribution in [2.75, 3.05) is 23.9 Å². The topological polar surface area (TPSA) is 9.23 Å². The van der Waals surface area contributed by atoms with Gasteiger partial charge < -0.3 is 4.74 Å². The van der Waals surface area contributed by atoms with Crippen LogP contribution in [0.1, 0.15) is 12.0 Å². The van der Waals surface area contributed by atoms with Gasteiger partial charge in [-0.25, -0.2) is 0 Å². The van der Waals surface area contributed by atoms with Gasteiger partial charge in [0.15, 0.2) is 0 Å². The number of hydrogen-bond acceptors (Lipinski definition) is 1. The van der Waals surface area contributed by atoms with E-state index in [-0.39, 0.29) is 12.0 Å². The van der Waals surface area contributed by atoms with E-state index in [9.17, 15) is 13.2 Å². The molecular weight excluding hydrogens is 469 g/mol. The molecule has 0 aliphatic rings. The third-order valence-corrected chi connectivity index (χ3v) is 5.63. The van der Waals surface area contributed by atoms with Crippen LogP contribution in [0.2, 0.25) is 0 Å². The number of hydrogen-bond donors (Lipinski definition) is 0. The standard InChI is InChI=1S/C13H14Br3F3O/c14-7-12(8-15,5-6-20-9-13(17,18)19)10-1-3-11(16)4-2-10/h1-4H,5-9H2. The Bertz CT molecular complexity index is 402. The van der Waals surface area contributed by atoms with Gasteiger partial charge in [-0.15, -0.1) is 0 Å². The summed E-state index contributed by atoms with van der Waals surface area (Å²) in [4.78, 5) is 0. The molecule has 7 heteroatoms. The van der Waals surface area contributed by atoms with E-state index in [2.05, 4.69) is 47.8 Å². The van der Waals surface area contributed by atoms with Crippen molar-refractivity contribution in [3.05, 3.63) is 34.3 Å². The van der Waals surface area contributed by atoms with Crippen LogP contribution in [0.15, 0.2) is 28.7 Å². The fraction of sp³-hybridized carbons (Fsp3) is 0.538. The second-order valence-electron chi connectivity index (χ2n) is 4.47. The molecule has 0 radical (unpaired) electrons. The molecule has 0 atom stereocenters. The Morgan fingerprint density at radius 2 is 1.55 bits per heavy atom. The quantitative estimate of drug-likeness (QED) is 0.371. The predicted octanol–water partition coefficient (Wildman–Crippen LogP) is 5.45. The lowest BCUT2D eigenvalue weighted by Gasteiger charge is -2.30. The molecule has 0 N–H and O–H groups in total.